The SMILES string of the molecule is O=c1[nH]c2ccc(Br)cc2c(O)c1OCC(F)(F)F. The summed E-state index contributed by atoms with van der Waals surface area (Å²) in [5.41, 5.74) is -0.623. The van der Waals surface area contributed by atoms with Crippen molar-refractivity contribution in [2.24, 2.45) is 0 Å². The number of alkyl halides is 3. The lowest BCUT2D eigenvalue weighted by molar-refractivity contribution is -0.153. The number of halogens is 4. The number of aromatic nitrogens is 1. The zero-order valence-corrected chi connectivity index (χ0v) is 10.8. The molecule has 0 aliphatic heterocycles. The molecular weight excluding hydrogens is 331 g/mol. The van der Waals surface area contributed by atoms with Crippen molar-refractivity contribution in [3.63, 3.8) is 0 Å². The van der Waals surface area contributed by atoms with Crippen molar-refractivity contribution < 1.29 is 23.0 Å². The molecule has 0 aliphatic carbocycles. The Kier molecular flexibility index (Phi) is 3.44. The van der Waals surface area contributed by atoms with Gasteiger partial charge in [-0.25, -0.2) is 0 Å². The van der Waals surface area contributed by atoms with Crippen LogP contribution in [0.25, 0.3) is 10.9 Å². The minimum atomic E-state index is -4.59. The van der Waals surface area contributed by atoms with Crippen molar-refractivity contribution in [2.75, 3.05) is 6.61 Å². The van der Waals surface area contributed by atoms with E-state index in [1.807, 2.05) is 0 Å². The standard InChI is InChI=1S/C11H7BrF3NO3/c12-5-1-2-7-6(3-5)8(17)9(10(18)16-7)19-4-11(13,14)15/h1-3H,4H2,(H2,16,17,18). The molecule has 2 N–H and O–H groups in total. The number of fused-ring (bicyclic) bond motifs is 1. The highest BCUT2D eigenvalue weighted by Gasteiger charge is 2.29. The van der Waals surface area contributed by atoms with Crippen LogP contribution in [0.5, 0.6) is 11.5 Å². The molecule has 0 fully saturated rings. The number of benzene rings is 1. The molecule has 102 valence electrons. The van der Waals surface area contributed by atoms with Crippen molar-refractivity contribution in [2.45, 2.75) is 6.18 Å². The van der Waals surface area contributed by atoms with Crippen molar-refractivity contribution in [3.8, 4) is 11.5 Å². The first kappa shape index (κ1) is 13.7. The minimum absolute atomic E-state index is 0.186. The number of nitrogens with one attached hydrogen (secondary N) is 1. The molecule has 1 aromatic heterocycles. The summed E-state index contributed by atoms with van der Waals surface area (Å²) in [5, 5.41) is 10.0. The van der Waals surface area contributed by atoms with Crippen molar-refractivity contribution in [1.29, 1.82) is 0 Å². The van der Waals surface area contributed by atoms with Gasteiger partial charge in [0.05, 0.1) is 5.52 Å². The van der Waals surface area contributed by atoms with E-state index in [-0.39, 0.29) is 5.39 Å². The number of aromatic amines is 1. The van der Waals surface area contributed by atoms with Gasteiger partial charge in [-0.3, -0.25) is 4.79 Å². The Hall–Kier alpha value is -1.70. The zero-order chi connectivity index (χ0) is 14.2. The molecule has 4 nitrogen and oxygen atoms in total. The molecule has 19 heavy (non-hydrogen) atoms. The van der Waals surface area contributed by atoms with E-state index in [9.17, 15) is 23.1 Å². The van der Waals surface area contributed by atoms with Crippen LogP contribution in [-0.4, -0.2) is 22.9 Å². The Labute approximate surface area is 112 Å². The number of H-pyrrole nitrogens is 1. The first-order chi connectivity index (χ1) is 8.78. The summed E-state index contributed by atoms with van der Waals surface area (Å²) in [7, 11) is 0. The second kappa shape index (κ2) is 4.76. The maximum Gasteiger partial charge on any atom is 0.422 e. The summed E-state index contributed by atoms with van der Waals surface area (Å²) >= 11 is 3.16. The molecule has 8 heteroatoms. The van der Waals surface area contributed by atoms with Crippen LogP contribution in [0.1, 0.15) is 0 Å². The van der Waals surface area contributed by atoms with Gasteiger partial charge in [0, 0.05) is 9.86 Å². The van der Waals surface area contributed by atoms with Gasteiger partial charge in [-0.05, 0) is 18.2 Å². The first-order valence-corrected chi connectivity index (χ1v) is 5.81. The summed E-state index contributed by atoms with van der Waals surface area (Å²) in [4.78, 5) is 13.9. The van der Waals surface area contributed by atoms with Gasteiger partial charge in [0.2, 0.25) is 5.75 Å². The third-order valence-corrected chi connectivity index (χ3v) is 2.78. The van der Waals surface area contributed by atoms with E-state index < -0.39 is 29.8 Å². The second-order valence-electron chi connectivity index (χ2n) is 3.73. The van der Waals surface area contributed by atoms with E-state index in [0.29, 0.717) is 9.99 Å². The number of hydrogen-bond donors (Lipinski definition) is 2. The lowest BCUT2D eigenvalue weighted by atomic mass is 10.2. The summed E-state index contributed by atoms with van der Waals surface area (Å²) in [5.74, 6) is -1.37. The molecular formula is C11H7BrF3NO3. The second-order valence-corrected chi connectivity index (χ2v) is 4.64. The van der Waals surface area contributed by atoms with Gasteiger partial charge < -0.3 is 14.8 Å². The summed E-state index contributed by atoms with van der Waals surface area (Å²) in [6.45, 7) is -1.65. The summed E-state index contributed by atoms with van der Waals surface area (Å²) in [6, 6.07) is 4.59. The van der Waals surface area contributed by atoms with E-state index in [4.69, 9.17) is 0 Å². The normalized spacial score (nSPS) is 11.8. The largest absolute Gasteiger partial charge is 0.504 e. The van der Waals surface area contributed by atoms with Gasteiger partial charge in [-0.2, -0.15) is 13.2 Å². The Morgan fingerprint density at radius 1 is 1.37 bits per heavy atom. The number of pyridine rings is 1. The molecule has 1 heterocycles. The van der Waals surface area contributed by atoms with Gasteiger partial charge in [0.1, 0.15) is 0 Å². The molecule has 0 saturated carbocycles. The first-order valence-electron chi connectivity index (χ1n) is 5.02. The van der Waals surface area contributed by atoms with E-state index in [1.165, 1.54) is 12.1 Å². The van der Waals surface area contributed by atoms with Crippen molar-refractivity contribution in [1.82, 2.24) is 4.98 Å². The summed E-state index contributed by atoms with van der Waals surface area (Å²) < 4.78 is 41.1. The molecule has 0 aliphatic rings. The average molecular weight is 338 g/mol. The highest BCUT2D eigenvalue weighted by atomic mass is 79.9. The molecule has 0 spiro atoms. The Morgan fingerprint density at radius 2 is 2.05 bits per heavy atom. The van der Waals surface area contributed by atoms with E-state index >= 15 is 0 Å². The summed E-state index contributed by atoms with van der Waals surface area (Å²) in [6.07, 6.45) is -4.59. The third kappa shape index (κ3) is 3.01. The number of ether oxygens (including phenoxy) is 1. The Balaban J connectivity index is 2.52. The highest BCUT2D eigenvalue weighted by molar-refractivity contribution is 9.10. The fourth-order valence-electron chi connectivity index (χ4n) is 1.52. The van der Waals surface area contributed by atoms with Gasteiger partial charge in [-0.15, -0.1) is 0 Å². The quantitative estimate of drug-likeness (QED) is 0.885. The van der Waals surface area contributed by atoms with Crippen LogP contribution in [0.3, 0.4) is 0 Å². The van der Waals surface area contributed by atoms with E-state index in [0.717, 1.165) is 0 Å². The Morgan fingerprint density at radius 3 is 2.68 bits per heavy atom. The molecule has 0 saturated heterocycles. The maximum atomic E-state index is 12.1. The predicted molar refractivity (Wildman–Crippen MR) is 65.5 cm³/mol. The molecule has 2 rings (SSSR count). The van der Waals surface area contributed by atoms with Gasteiger partial charge in [-0.1, -0.05) is 15.9 Å². The van der Waals surface area contributed by atoms with Crippen LogP contribution in [0, 0.1) is 0 Å². The number of aromatic hydroxyl groups is 1. The van der Waals surface area contributed by atoms with Crippen LogP contribution in [0.15, 0.2) is 27.5 Å². The predicted octanol–water partition coefficient (Wildman–Crippen LogP) is 2.94. The topological polar surface area (TPSA) is 62.3 Å². The number of rotatable bonds is 2. The molecule has 1 aromatic carbocycles. The van der Waals surface area contributed by atoms with Gasteiger partial charge >= 0.3 is 6.18 Å². The number of hydrogen-bond acceptors (Lipinski definition) is 3. The molecule has 2 aromatic rings. The van der Waals surface area contributed by atoms with Crippen LogP contribution >= 0.6 is 15.9 Å². The van der Waals surface area contributed by atoms with Crippen LogP contribution in [0.2, 0.25) is 0 Å². The van der Waals surface area contributed by atoms with Gasteiger partial charge in [0.25, 0.3) is 5.56 Å². The maximum absolute atomic E-state index is 12.1. The molecule has 0 unspecified atom stereocenters. The van der Waals surface area contributed by atoms with E-state index in [1.54, 1.807) is 6.07 Å². The lowest BCUT2D eigenvalue weighted by Gasteiger charge is -2.11. The third-order valence-electron chi connectivity index (χ3n) is 2.29. The monoisotopic (exact) mass is 337 g/mol. The molecule has 0 bridgehead atoms. The zero-order valence-electron chi connectivity index (χ0n) is 9.21. The van der Waals surface area contributed by atoms with Crippen molar-refractivity contribution in [3.05, 3.63) is 33.0 Å². The lowest BCUT2D eigenvalue weighted by Crippen LogP contribution is -2.22. The highest BCUT2D eigenvalue weighted by Crippen LogP contribution is 2.32. The van der Waals surface area contributed by atoms with Crippen LogP contribution < -0.4 is 10.3 Å². The molecule has 0 atom stereocenters. The van der Waals surface area contributed by atoms with Crippen LogP contribution in [0.4, 0.5) is 13.2 Å². The fourth-order valence-corrected chi connectivity index (χ4v) is 1.88. The minimum Gasteiger partial charge on any atom is -0.504 e. The van der Waals surface area contributed by atoms with Gasteiger partial charge in [0.15, 0.2) is 12.4 Å². The average Bonchev–Trinajstić information content (AvgIpc) is 2.28. The smallest absolute Gasteiger partial charge is 0.422 e. The van der Waals surface area contributed by atoms with E-state index in [2.05, 4.69) is 25.7 Å². The Bertz CT molecular complexity index is 681. The fraction of sp³-hybridized carbons (Fsp3) is 0.182. The molecule has 0 amide bonds. The van der Waals surface area contributed by atoms with Crippen LogP contribution in [-0.2, 0) is 0 Å². The van der Waals surface area contributed by atoms with Crippen molar-refractivity contribution >= 4 is 26.8 Å². The molecule has 0 radical (unpaired) electrons.